The van der Waals surface area contributed by atoms with Gasteiger partial charge < -0.3 is 5.11 Å². The van der Waals surface area contributed by atoms with Crippen LogP contribution in [0.1, 0.15) is 11.3 Å². The Kier molecular flexibility index (Phi) is 4.08. The van der Waals surface area contributed by atoms with E-state index in [2.05, 4.69) is 15.2 Å². The Morgan fingerprint density at radius 1 is 1.22 bits per heavy atom. The van der Waals surface area contributed by atoms with Gasteiger partial charge in [0, 0.05) is 6.20 Å². The van der Waals surface area contributed by atoms with Gasteiger partial charge in [0.05, 0.1) is 22.8 Å². The summed E-state index contributed by atoms with van der Waals surface area (Å²) < 4.78 is 1.78. The molecule has 0 fully saturated rings. The summed E-state index contributed by atoms with van der Waals surface area (Å²) in [5.74, 6) is -0.255. The number of hydrogen-bond donors (Lipinski definition) is 1. The highest BCUT2D eigenvalue weighted by molar-refractivity contribution is 6.30. The molecule has 0 aliphatic heterocycles. The third-order valence-corrected chi connectivity index (χ3v) is 3.50. The maximum atomic E-state index is 10.7. The SMILES string of the molecule is Cc1nc2ccc(Cl)cn2c1N=Nc1ccc(CC(=O)O)cc1. The van der Waals surface area contributed by atoms with E-state index in [1.54, 1.807) is 40.9 Å². The molecule has 0 aliphatic carbocycles. The minimum Gasteiger partial charge on any atom is -0.481 e. The van der Waals surface area contributed by atoms with Crippen molar-refractivity contribution >= 4 is 34.7 Å². The van der Waals surface area contributed by atoms with Gasteiger partial charge in [-0.05, 0) is 36.8 Å². The number of aliphatic carboxylic acids is 1. The zero-order valence-electron chi connectivity index (χ0n) is 12.3. The first-order valence-corrected chi connectivity index (χ1v) is 7.27. The van der Waals surface area contributed by atoms with E-state index >= 15 is 0 Å². The molecule has 0 unspecified atom stereocenters. The molecule has 2 aromatic heterocycles. The summed E-state index contributed by atoms with van der Waals surface area (Å²) in [5.41, 5.74) is 2.85. The standard InChI is InChI=1S/C16H13ClN4O2/c1-10-16(21-9-12(17)4-7-14(21)18-10)20-19-13-5-2-11(3-6-13)8-15(22)23/h2-7,9H,8H2,1H3,(H,22,23). The Labute approximate surface area is 137 Å². The zero-order chi connectivity index (χ0) is 16.4. The lowest BCUT2D eigenvalue weighted by Gasteiger charge is -1.99. The molecule has 2 heterocycles. The fourth-order valence-electron chi connectivity index (χ4n) is 2.20. The lowest BCUT2D eigenvalue weighted by Crippen LogP contribution is -1.99. The number of imidazole rings is 1. The predicted octanol–water partition coefficient (Wildman–Crippen LogP) is 4.34. The van der Waals surface area contributed by atoms with Crippen LogP contribution in [0, 0.1) is 6.92 Å². The van der Waals surface area contributed by atoms with E-state index in [-0.39, 0.29) is 6.42 Å². The van der Waals surface area contributed by atoms with Crippen molar-refractivity contribution in [1.29, 1.82) is 0 Å². The van der Waals surface area contributed by atoms with Crippen molar-refractivity contribution in [2.24, 2.45) is 10.2 Å². The molecule has 0 bridgehead atoms. The van der Waals surface area contributed by atoms with Gasteiger partial charge in [0.2, 0.25) is 0 Å². The van der Waals surface area contributed by atoms with Gasteiger partial charge in [-0.1, -0.05) is 23.7 Å². The van der Waals surface area contributed by atoms with Crippen molar-refractivity contribution in [2.75, 3.05) is 0 Å². The predicted molar refractivity (Wildman–Crippen MR) is 86.9 cm³/mol. The summed E-state index contributed by atoms with van der Waals surface area (Å²) >= 11 is 6.01. The molecule has 3 aromatic rings. The first-order valence-electron chi connectivity index (χ1n) is 6.89. The van der Waals surface area contributed by atoms with E-state index in [4.69, 9.17) is 16.7 Å². The molecule has 3 rings (SSSR count). The Morgan fingerprint density at radius 2 is 1.96 bits per heavy atom. The van der Waals surface area contributed by atoms with Crippen LogP contribution >= 0.6 is 11.6 Å². The van der Waals surface area contributed by atoms with Gasteiger partial charge in [-0.25, -0.2) is 4.98 Å². The van der Waals surface area contributed by atoms with E-state index in [1.807, 2.05) is 13.0 Å². The second-order valence-corrected chi connectivity index (χ2v) is 5.47. The Balaban J connectivity index is 1.89. The van der Waals surface area contributed by atoms with Crippen LogP contribution < -0.4 is 0 Å². The van der Waals surface area contributed by atoms with Crippen LogP contribution in [0.3, 0.4) is 0 Å². The molecule has 1 N–H and O–H groups in total. The van der Waals surface area contributed by atoms with Gasteiger partial charge in [-0.3, -0.25) is 9.20 Å². The summed E-state index contributed by atoms with van der Waals surface area (Å²) in [5, 5.41) is 17.8. The maximum absolute atomic E-state index is 10.7. The highest BCUT2D eigenvalue weighted by atomic mass is 35.5. The highest BCUT2D eigenvalue weighted by Gasteiger charge is 2.08. The Bertz CT molecular complexity index is 900. The summed E-state index contributed by atoms with van der Waals surface area (Å²) in [6, 6.07) is 10.5. The van der Waals surface area contributed by atoms with E-state index in [1.165, 1.54) is 0 Å². The number of carboxylic acid groups (broad SMARTS) is 1. The normalized spacial score (nSPS) is 11.4. The van der Waals surface area contributed by atoms with Crippen molar-refractivity contribution in [3.8, 4) is 0 Å². The van der Waals surface area contributed by atoms with Crippen LogP contribution in [-0.4, -0.2) is 20.5 Å². The van der Waals surface area contributed by atoms with E-state index in [0.29, 0.717) is 22.1 Å². The quantitative estimate of drug-likeness (QED) is 0.723. The number of rotatable bonds is 4. The average molecular weight is 329 g/mol. The number of nitrogens with zero attached hydrogens (tertiary/aromatic N) is 4. The average Bonchev–Trinajstić information content (AvgIpc) is 2.81. The summed E-state index contributed by atoms with van der Waals surface area (Å²) in [6.45, 7) is 1.85. The number of hydrogen-bond acceptors (Lipinski definition) is 4. The fourth-order valence-corrected chi connectivity index (χ4v) is 2.37. The number of benzene rings is 1. The van der Waals surface area contributed by atoms with Crippen LogP contribution in [0.4, 0.5) is 11.5 Å². The van der Waals surface area contributed by atoms with E-state index in [0.717, 1.165) is 11.3 Å². The molecule has 0 saturated heterocycles. The van der Waals surface area contributed by atoms with Crippen LogP contribution in [0.15, 0.2) is 52.8 Å². The molecule has 23 heavy (non-hydrogen) atoms. The molecular formula is C16H13ClN4O2. The van der Waals surface area contributed by atoms with Gasteiger partial charge in [-0.15, -0.1) is 10.2 Å². The second-order valence-electron chi connectivity index (χ2n) is 5.03. The third-order valence-electron chi connectivity index (χ3n) is 3.28. The van der Waals surface area contributed by atoms with Crippen LogP contribution in [0.25, 0.3) is 5.65 Å². The number of halogens is 1. The number of carboxylic acids is 1. The van der Waals surface area contributed by atoms with Gasteiger partial charge in [0.1, 0.15) is 5.65 Å². The third kappa shape index (κ3) is 3.37. The molecule has 1 aromatic carbocycles. The minimum absolute atomic E-state index is 0.0116. The Hall–Kier alpha value is -2.73. The monoisotopic (exact) mass is 328 g/mol. The largest absolute Gasteiger partial charge is 0.481 e. The number of azo groups is 1. The molecule has 0 saturated carbocycles. The van der Waals surface area contributed by atoms with Crippen LogP contribution in [0.5, 0.6) is 0 Å². The first kappa shape index (κ1) is 15.2. The second kappa shape index (κ2) is 6.18. The molecule has 7 heteroatoms. The molecule has 0 aliphatic rings. The van der Waals surface area contributed by atoms with E-state index in [9.17, 15) is 4.79 Å². The van der Waals surface area contributed by atoms with Gasteiger partial charge >= 0.3 is 5.97 Å². The topological polar surface area (TPSA) is 79.3 Å². The van der Waals surface area contributed by atoms with Crippen LogP contribution in [0.2, 0.25) is 5.02 Å². The minimum atomic E-state index is -0.863. The zero-order valence-corrected chi connectivity index (χ0v) is 13.0. The van der Waals surface area contributed by atoms with Gasteiger partial charge in [0.15, 0.2) is 5.82 Å². The van der Waals surface area contributed by atoms with Crippen molar-refractivity contribution in [3.63, 3.8) is 0 Å². The molecule has 0 amide bonds. The number of pyridine rings is 1. The number of carbonyl (C=O) groups is 1. The molecule has 116 valence electrons. The molecule has 6 nitrogen and oxygen atoms in total. The van der Waals surface area contributed by atoms with Crippen molar-refractivity contribution in [2.45, 2.75) is 13.3 Å². The summed E-state index contributed by atoms with van der Waals surface area (Å²) in [6.07, 6.45) is 1.73. The van der Waals surface area contributed by atoms with E-state index < -0.39 is 5.97 Å². The summed E-state index contributed by atoms with van der Waals surface area (Å²) in [4.78, 5) is 15.1. The van der Waals surface area contributed by atoms with Crippen molar-refractivity contribution < 1.29 is 9.90 Å². The number of aryl methyl sites for hydroxylation is 1. The van der Waals surface area contributed by atoms with Gasteiger partial charge in [0.25, 0.3) is 0 Å². The van der Waals surface area contributed by atoms with Crippen molar-refractivity contribution in [1.82, 2.24) is 9.38 Å². The molecule has 0 spiro atoms. The highest BCUT2D eigenvalue weighted by Crippen LogP contribution is 2.25. The lowest BCUT2D eigenvalue weighted by atomic mass is 10.1. The summed E-state index contributed by atoms with van der Waals surface area (Å²) in [7, 11) is 0. The Morgan fingerprint density at radius 3 is 2.65 bits per heavy atom. The molecular weight excluding hydrogens is 316 g/mol. The smallest absolute Gasteiger partial charge is 0.307 e. The fraction of sp³-hybridized carbons (Fsp3) is 0.125. The van der Waals surface area contributed by atoms with Crippen LogP contribution in [-0.2, 0) is 11.2 Å². The van der Waals surface area contributed by atoms with Crippen molar-refractivity contribution in [3.05, 3.63) is 58.9 Å². The maximum Gasteiger partial charge on any atom is 0.307 e. The first-order chi connectivity index (χ1) is 11.0. The number of fused-ring (bicyclic) bond motifs is 1. The molecule has 0 radical (unpaired) electrons. The lowest BCUT2D eigenvalue weighted by molar-refractivity contribution is -0.136. The van der Waals surface area contributed by atoms with Gasteiger partial charge in [-0.2, -0.15) is 0 Å². The molecule has 0 atom stereocenters. The number of aromatic nitrogens is 2.